The number of nitrogens with zero attached hydrogens (tertiary/aromatic N) is 2. The fourth-order valence-corrected chi connectivity index (χ4v) is 3.54. The quantitative estimate of drug-likeness (QED) is 0.500. The third-order valence-corrected chi connectivity index (χ3v) is 4.94. The number of aromatic nitrogens is 3. The number of hydrogen-bond donors (Lipinski definition) is 4. The Hall–Kier alpha value is -2.78. The molecule has 0 fully saturated rings. The molecular formula is C14H20N5O6P. The molecule has 12 heteroatoms. The van der Waals surface area contributed by atoms with E-state index in [4.69, 9.17) is 14.2 Å². The highest BCUT2D eigenvalue weighted by molar-refractivity contribution is 7.59. The van der Waals surface area contributed by atoms with Crippen LogP contribution in [0.2, 0.25) is 0 Å². The molecule has 0 aliphatic rings. The number of benzene rings is 1. The number of amides is 1. The fourth-order valence-electron chi connectivity index (χ4n) is 2.16. The van der Waals surface area contributed by atoms with E-state index in [2.05, 4.69) is 25.6 Å². The summed E-state index contributed by atoms with van der Waals surface area (Å²) >= 11 is 0. The van der Waals surface area contributed by atoms with Crippen molar-refractivity contribution in [2.75, 3.05) is 25.9 Å². The van der Waals surface area contributed by atoms with Crippen LogP contribution in [0.5, 0.6) is 11.5 Å². The summed E-state index contributed by atoms with van der Waals surface area (Å²) in [6, 6.07) is 4.58. The van der Waals surface area contributed by atoms with Crippen molar-refractivity contribution in [1.29, 1.82) is 0 Å². The first-order valence-corrected chi connectivity index (χ1v) is 9.25. The maximum atomic E-state index is 12.9. The number of ether oxygens (including phenoxy) is 3. The minimum absolute atomic E-state index is 0.0213. The lowest BCUT2D eigenvalue weighted by Crippen LogP contribution is -2.30. The van der Waals surface area contributed by atoms with Crippen LogP contribution in [0.3, 0.4) is 0 Å². The normalized spacial score (nSPS) is 14.0. The summed E-state index contributed by atoms with van der Waals surface area (Å²) in [5.41, 5.74) is 0.300. The summed E-state index contributed by atoms with van der Waals surface area (Å²) in [5.74, 6) is -0.596. The molecule has 0 saturated heterocycles. The number of carbonyl (C=O) groups excluding carboxylic acids is 1. The van der Waals surface area contributed by atoms with Crippen LogP contribution in [-0.2, 0) is 9.30 Å². The van der Waals surface area contributed by atoms with Gasteiger partial charge in [0.15, 0.2) is 17.3 Å². The molecule has 11 nitrogen and oxygen atoms in total. The van der Waals surface area contributed by atoms with Gasteiger partial charge in [-0.05, 0) is 24.6 Å². The third-order valence-electron chi connectivity index (χ3n) is 3.28. The summed E-state index contributed by atoms with van der Waals surface area (Å²) in [4.78, 5) is 26.1. The molecule has 0 radical (unpaired) electrons. The Morgan fingerprint density at radius 2 is 2.08 bits per heavy atom. The molecule has 2 aromatic rings. The van der Waals surface area contributed by atoms with E-state index in [1.165, 1.54) is 32.7 Å². The highest BCUT2D eigenvalue weighted by Gasteiger charge is 2.36. The van der Waals surface area contributed by atoms with Crippen LogP contribution >= 0.6 is 7.52 Å². The number of H-pyrrole nitrogens is 1. The first kappa shape index (κ1) is 19.5. The molecule has 26 heavy (non-hydrogen) atoms. The summed E-state index contributed by atoms with van der Waals surface area (Å²) in [6.45, 7) is 1.73. The molecule has 0 spiro atoms. The van der Waals surface area contributed by atoms with Crippen LogP contribution in [0.25, 0.3) is 0 Å². The van der Waals surface area contributed by atoms with Gasteiger partial charge in [-0.3, -0.25) is 9.65 Å². The molecule has 1 aromatic carbocycles. The number of alkyl carbamates (subject to hydrolysis) is 1. The molecule has 2 rings (SSSR count). The number of hydrogen-bond acceptors (Lipinski definition) is 7. The predicted octanol–water partition coefficient (Wildman–Crippen LogP) is 1.86. The zero-order chi connectivity index (χ0) is 19.2. The molecule has 0 aliphatic heterocycles. The van der Waals surface area contributed by atoms with Crippen molar-refractivity contribution < 1.29 is 28.5 Å². The van der Waals surface area contributed by atoms with Gasteiger partial charge in [0.1, 0.15) is 6.33 Å². The van der Waals surface area contributed by atoms with E-state index < -0.39 is 19.4 Å². The highest BCUT2D eigenvalue weighted by Crippen LogP contribution is 2.53. The van der Waals surface area contributed by atoms with E-state index >= 15 is 0 Å². The maximum absolute atomic E-state index is 12.9. The molecule has 0 bridgehead atoms. The molecule has 2 atom stereocenters. The van der Waals surface area contributed by atoms with Crippen LogP contribution in [0.1, 0.15) is 18.3 Å². The van der Waals surface area contributed by atoms with E-state index in [-0.39, 0.29) is 12.6 Å². The standard InChI is InChI=1S/C14H20N5O6P/c1-4-25-14(20)17-12(26(21,22)19-13-15-8-16-18-13)9-5-6-10(23-2)11(7-9)24-3/h5-8,12H,4H2,1-3H3,(H,17,20)(H3,15,16,18,19,21,22). The van der Waals surface area contributed by atoms with Gasteiger partial charge in [-0.2, -0.15) is 10.1 Å². The van der Waals surface area contributed by atoms with Crippen LogP contribution in [-0.4, -0.2) is 47.0 Å². The number of carbonyl (C=O) groups is 1. The van der Waals surface area contributed by atoms with Crippen LogP contribution < -0.4 is 19.9 Å². The van der Waals surface area contributed by atoms with Gasteiger partial charge in [0.05, 0.1) is 20.8 Å². The molecule has 1 aromatic heterocycles. The monoisotopic (exact) mass is 385 g/mol. The van der Waals surface area contributed by atoms with Crippen molar-refractivity contribution in [2.24, 2.45) is 0 Å². The first-order valence-electron chi connectivity index (χ1n) is 7.52. The predicted molar refractivity (Wildman–Crippen MR) is 92.3 cm³/mol. The van der Waals surface area contributed by atoms with Gasteiger partial charge >= 0.3 is 13.6 Å². The van der Waals surface area contributed by atoms with Crippen molar-refractivity contribution in [3.63, 3.8) is 0 Å². The number of aromatic amines is 1. The van der Waals surface area contributed by atoms with Crippen molar-refractivity contribution >= 4 is 19.6 Å². The molecular weight excluding hydrogens is 365 g/mol. The zero-order valence-electron chi connectivity index (χ0n) is 14.4. The van der Waals surface area contributed by atoms with Crippen molar-refractivity contribution in [3.05, 3.63) is 30.1 Å². The van der Waals surface area contributed by atoms with E-state index in [1.807, 2.05) is 0 Å². The van der Waals surface area contributed by atoms with Gasteiger partial charge in [-0.15, -0.1) is 0 Å². The van der Waals surface area contributed by atoms with Crippen LogP contribution in [0, 0.1) is 0 Å². The largest absolute Gasteiger partial charge is 0.493 e. The van der Waals surface area contributed by atoms with Crippen molar-refractivity contribution in [3.8, 4) is 11.5 Å². The van der Waals surface area contributed by atoms with Gasteiger partial charge in [-0.1, -0.05) is 6.07 Å². The second-order valence-electron chi connectivity index (χ2n) is 4.95. The van der Waals surface area contributed by atoms with Gasteiger partial charge in [-0.25, -0.2) is 9.89 Å². The Morgan fingerprint density at radius 3 is 2.65 bits per heavy atom. The minimum Gasteiger partial charge on any atom is -0.493 e. The van der Waals surface area contributed by atoms with Gasteiger partial charge in [0, 0.05) is 0 Å². The van der Waals surface area contributed by atoms with E-state index in [1.54, 1.807) is 13.0 Å². The summed E-state index contributed by atoms with van der Waals surface area (Å²) in [7, 11) is -1.34. The van der Waals surface area contributed by atoms with Crippen molar-refractivity contribution in [2.45, 2.75) is 12.7 Å². The molecule has 1 amide bonds. The molecule has 1 heterocycles. The second-order valence-corrected chi connectivity index (χ2v) is 6.94. The maximum Gasteiger partial charge on any atom is 0.408 e. The topological polar surface area (TPSA) is 148 Å². The lowest BCUT2D eigenvalue weighted by atomic mass is 10.2. The summed E-state index contributed by atoms with van der Waals surface area (Å²) in [6.07, 6.45) is 0.327. The van der Waals surface area contributed by atoms with Gasteiger partial charge in [0.2, 0.25) is 5.95 Å². The SMILES string of the molecule is CCOC(=O)NC(c1ccc(OC)c(OC)c1)P(=O)(O)Nc1ncn[nH]1. The molecule has 4 N–H and O–H groups in total. The Kier molecular flexibility index (Phi) is 6.42. The average Bonchev–Trinajstić information content (AvgIpc) is 3.11. The van der Waals surface area contributed by atoms with Gasteiger partial charge < -0.3 is 24.4 Å². The second kappa shape index (κ2) is 8.54. The number of nitrogens with one attached hydrogen (secondary N) is 3. The molecule has 142 valence electrons. The lowest BCUT2D eigenvalue weighted by Gasteiger charge is -2.25. The van der Waals surface area contributed by atoms with Crippen LogP contribution in [0.4, 0.5) is 10.7 Å². The summed E-state index contributed by atoms with van der Waals surface area (Å²) < 4.78 is 28.1. The van der Waals surface area contributed by atoms with E-state index in [0.717, 1.165) is 0 Å². The van der Waals surface area contributed by atoms with Crippen molar-refractivity contribution in [1.82, 2.24) is 20.5 Å². The number of rotatable bonds is 8. The number of methoxy groups -OCH3 is 2. The Balaban J connectivity index is 2.40. The Labute approximate surface area is 149 Å². The fraction of sp³-hybridized carbons (Fsp3) is 0.357. The summed E-state index contributed by atoms with van der Waals surface area (Å²) in [5, 5.41) is 10.8. The first-order chi connectivity index (χ1) is 12.4. The molecule has 0 aliphatic carbocycles. The smallest absolute Gasteiger partial charge is 0.408 e. The van der Waals surface area contributed by atoms with E-state index in [0.29, 0.717) is 17.1 Å². The highest BCUT2D eigenvalue weighted by atomic mass is 31.2. The Bertz CT molecular complexity index is 784. The third kappa shape index (κ3) is 4.64. The van der Waals surface area contributed by atoms with Crippen LogP contribution in [0.15, 0.2) is 24.5 Å². The molecule has 2 unspecified atom stereocenters. The number of anilines is 1. The minimum atomic E-state index is -4.24. The Morgan fingerprint density at radius 1 is 1.35 bits per heavy atom. The molecule has 0 saturated carbocycles. The van der Waals surface area contributed by atoms with E-state index in [9.17, 15) is 14.3 Å². The zero-order valence-corrected chi connectivity index (χ0v) is 15.3. The average molecular weight is 385 g/mol. The van der Waals surface area contributed by atoms with Gasteiger partial charge in [0.25, 0.3) is 0 Å². The lowest BCUT2D eigenvalue weighted by molar-refractivity contribution is 0.150.